The van der Waals surface area contributed by atoms with E-state index in [1.165, 1.54) is 6.08 Å². The largest absolute Gasteiger partial charge is 0.454 e. The maximum absolute atomic E-state index is 12.0. The fourth-order valence-electron chi connectivity index (χ4n) is 2.49. The molecule has 0 unspecified atom stereocenters. The Labute approximate surface area is 134 Å². The highest BCUT2D eigenvalue weighted by Gasteiger charge is 2.13. The van der Waals surface area contributed by atoms with E-state index in [0.29, 0.717) is 12.3 Å². The molecule has 0 atom stereocenters. The quantitative estimate of drug-likeness (QED) is 0.878. The van der Waals surface area contributed by atoms with E-state index in [0.717, 1.165) is 28.3 Å². The molecule has 0 aliphatic carbocycles. The van der Waals surface area contributed by atoms with Crippen molar-refractivity contribution >= 4 is 12.0 Å². The summed E-state index contributed by atoms with van der Waals surface area (Å²) >= 11 is 0. The number of nitrogens with one attached hydrogen (secondary N) is 1. The van der Waals surface area contributed by atoms with Gasteiger partial charge in [-0.25, -0.2) is 0 Å². The molecule has 1 aromatic heterocycles. The van der Waals surface area contributed by atoms with Crippen molar-refractivity contribution in [3.63, 3.8) is 0 Å². The number of carbonyl (C=O) groups is 1. The van der Waals surface area contributed by atoms with Gasteiger partial charge in [0, 0.05) is 30.9 Å². The molecule has 3 rings (SSSR count). The molecular formula is C17H19N3O3. The zero-order valence-electron chi connectivity index (χ0n) is 13.4. The number of ether oxygens (including phenoxy) is 2. The van der Waals surface area contributed by atoms with Crippen molar-refractivity contribution in [2.24, 2.45) is 7.05 Å². The second kappa shape index (κ2) is 6.16. The Kier molecular flexibility index (Phi) is 4.06. The number of rotatable bonds is 4. The highest BCUT2D eigenvalue weighted by atomic mass is 16.7. The molecule has 1 amide bonds. The van der Waals surface area contributed by atoms with Crippen LogP contribution in [0.1, 0.15) is 22.5 Å². The first-order chi connectivity index (χ1) is 11.0. The number of hydrogen-bond acceptors (Lipinski definition) is 4. The van der Waals surface area contributed by atoms with Crippen LogP contribution in [0.2, 0.25) is 0 Å². The van der Waals surface area contributed by atoms with Gasteiger partial charge in [-0.3, -0.25) is 9.48 Å². The SMILES string of the molecule is Cc1nn(C)c(C)c1/C=C/C(=O)NCc1ccc2c(c1)OCO2. The number of aryl methyl sites for hydroxylation is 2. The molecule has 1 N–H and O–H groups in total. The summed E-state index contributed by atoms with van der Waals surface area (Å²) in [6.45, 7) is 4.59. The van der Waals surface area contributed by atoms with Gasteiger partial charge >= 0.3 is 0 Å². The van der Waals surface area contributed by atoms with Crippen molar-refractivity contribution in [1.82, 2.24) is 15.1 Å². The standard InChI is InChI=1S/C17H19N3O3/c1-11-14(12(2)20(3)19-11)5-7-17(21)18-9-13-4-6-15-16(8-13)23-10-22-15/h4-8H,9-10H2,1-3H3,(H,18,21)/b7-5+. The lowest BCUT2D eigenvalue weighted by Crippen LogP contribution is -2.20. The number of carbonyl (C=O) groups excluding carboxylic acids is 1. The monoisotopic (exact) mass is 313 g/mol. The first-order valence-electron chi connectivity index (χ1n) is 7.39. The molecule has 0 saturated carbocycles. The highest BCUT2D eigenvalue weighted by molar-refractivity contribution is 5.91. The number of amides is 1. The van der Waals surface area contributed by atoms with Crippen molar-refractivity contribution in [2.75, 3.05) is 6.79 Å². The van der Waals surface area contributed by atoms with Crippen LogP contribution >= 0.6 is 0 Å². The van der Waals surface area contributed by atoms with Crippen molar-refractivity contribution in [3.05, 3.63) is 46.8 Å². The molecular weight excluding hydrogens is 294 g/mol. The zero-order valence-corrected chi connectivity index (χ0v) is 13.4. The third-order valence-electron chi connectivity index (χ3n) is 3.87. The highest BCUT2D eigenvalue weighted by Crippen LogP contribution is 2.32. The van der Waals surface area contributed by atoms with Gasteiger partial charge < -0.3 is 14.8 Å². The van der Waals surface area contributed by atoms with E-state index < -0.39 is 0 Å². The maximum Gasteiger partial charge on any atom is 0.244 e. The number of hydrogen-bond donors (Lipinski definition) is 1. The molecule has 0 radical (unpaired) electrons. The molecule has 0 bridgehead atoms. The number of fused-ring (bicyclic) bond motifs is 1. The van der Waals surface area contributed by atoms with Crippen molar-refractivity contribution in [3.8, 4) is 11.5 Å². The molecule has 2 aromatic rings. The molecule has 0 spiro atoms. The maximum atomic E-state index is 12.0. The van der Waals surface area contributed by atoms with E-state index >= 15 is 0 Å². The van der Waals surface area contributed by atoms with Crippen molar-refractivity contribution in [1.29, 1.82) is 0 Å². The van der Waals surface area contributed by atoms with E-state index in [1.54, 1.807) is 10.8 Å². The number of nitrogens with zero attached hydrogens (tertiary/aromatic N) is 2. The molecule has 6 nitrogen and oxygen atoms in total. The van der Waals surface area contributed by atoms with Crippen LogP contribution < -0.4 is 14.8 Å². The van der Waals surface area contributed by atoms with Gasteiger partial charge in [-0.2, -0.15) is 5.10 Å². The normalized spacial score (nSPS) is 12.8. The van der Waals surface area contributed by atoms with E-state index in [-0.39, 0.29) is 12.7 Å². The van der Waals surface area contributed by atoms with E-state index in [1.807, 2.05) is 39.1 Å². The minimum atomic E-state index is -0.148. The molecule has 2 heterocycles. The van der Waals surface area contributed by atoms with Crippen LogP contribution in [0, 0.1) is 13.8 Å². The summed E-state index contributed by atoms with van der Waals surface area (Å²) in [6, 6.07) is 5.64. The van der Waals surface area contributed by atoms with E-state index in [4.69, 9.17) is 9.47 Å². The van der Waals surface area contributed by atoms with Crippen LogP contribution in [-0.2, 0) is 18.4 Å². The van der Waals surface area contributed by atoms with Crippen LogP contribution in [0.3, 0.4) is 0 Å². The van der Waals surface area contributed by atoms with Crippen LogP contribution in [0.5, 0.6) is 11.5 Å². The first kappa shape index (κ1) is 15.1. The fourth-order valence-corrected chi connectivity index (χ4v) is 2.49. The lowest BCUT2D eigenvalue weighted by molar-refractivity contribution is -0.116. The van der Waals surface area contributed by atoms with Crippen LogP contribution in [-0.4, -0.2) is 22.5 Å². The minimum absolute atomic E-state index is 0.148. The van der Waals surface area contributed by atoms with Crippen LogP contribution in [0.15, 0.2) is 24.3 Å². The summed E-state index contributed by atoms with van der Waals surface area (Å²) in [5.74, 6) is 1.31. The average Bonchev–Trinajstić information content (AvgIpc) is 3.08. The van der Waals surface area contributed by atoms with Crippen molar-refractivity contribution < 1.29 is 14.3 Å². The minimum Gasteiger partial charge on any atom is -0.454 e. The number of aromatic nitrogens is 2. The van der Waals surface area contributed by atoms with Gasteiger partial charge in [-0.05, 0) is 37.6 Å². The molecule has 1 aliphatic heterocycles. The molecule has 1 aromatic carbocycles. The predicted octanol–water partition coefficient (Wildman–Crippen LogP) is 2.10. The summed E-state index contributed by atoms with van der Waals surface area (Å²) < 4.78 is 12.4. The van der Waals surface area contributed by atoms with Gasteiger partial charge in [0.05, 0.1) is 5.69 Å². The lowest BCUT2D eigenvalue weighted by atomic mass is 10.2. The molecule has 0 saturated heterocycles. The Morgan fingerprint density at radius 2 is 2.13 bits per heavy atom. The van der Waals surface area contributed by atoms with Crippen LogP contribution in [0.4, 0.5) is 0 Å². The second-order valence-electron chi connectivity index (χ2n) is 5.45. The van der Waals surface area contributed by atoms with Gasteiger partial charge in [0.1, 0.15) is 0 Å². The Morgan fingerprint density at radius 1 is 1.35 bits per heavy atom. The number of benzene rings is 1. The first-order valence-corrected chi connectivity index (χ1v) is 7.39. The van der Waals surface area contributed by atoms with Gasteiger partial charge in [0.15, 0.2) is 11.5 Å². The Morgan fingerprint density at radius 3 is 2.87 bits per heavy atom. The Balaban J connectivity index is 1.60. The van der Waals surface area contributed by atoms with Crippen LogP contribution in [0.25, 0.3) is 6.08 Å². The molecule has 6 heteroatoms. The molecule has 1 aliphatic rings. The Hall–Kier alpha value is -2.76. The van der Waals surface area contributed by atoms with Gasteiger partial charge in [0.2, 0.25) is 12.7 Å². The van der Waals surface area contributed by atoms with Gasteiger partial charge in [-0.15, -0.1) is 0 Å². The van der Waals surface area contributed by atoms with Crippen molar-refractivity contribution in [2.45, 2.75) is 20.4 Å². The summed E-state index contributed by atoms with van der Waals surface area (Å²) in [6.07, 6.45) is 3.33. The summed E-state index contributed by atoms with van der Waals surface area (Å²) in [5, 5.41) is 7.18. The second-order valence-corrected chi connectivity index (χ2v) is 5.45. The zero-order chi connectivity index (χ0) is 16.4. The summed E-state index contributed by atoms with van der Waals surface area (Å²) in [5.41, 5.74) is 3.88. The topological polar surface area (TPSA) is 65.4 Å². The third-order valence-corrected chi connectivity index (χ3v) is 3.87. The average molecular weight is 313 g/mol. The summed E-state index contributed by atoms with van der Waals surface area (Å²) in [4.78, 5) is 12.0. The molecule has 120 valence electrons. The molecule has 0 fully saturated rings. The fraction of sp³-hybridized carbons (Fsp3) is 0.294. The van der Waals surface area contributed by atoms with E-state index in [2.05, 4.69) is 10.4 Å². The van der Waals surface area contributed by atoms with Gasteiger partial charge in [-0.1, -0.05) is 6.07 Å². The smallest absolute Gasteiger partial charge is 0.244 e. The Bertz CT molecular complexity index is 778. The summed E-state index contributed by atoms with van der Waals surface area (Å²) in [7, 11) is 1.89. The predicted molar refractivity (Wildman–Crippen MR) is 86.1 cm³/mol. The van der Waals surface area contributed by atoms with E-state index in [9.17, 15) is 4.79 Å². The lowest BCUT2D eigenvalue weighted by Gasteiger charge is -2.04. The molecule has 23 heavy (non-hydrogen) atoms. The van der Waals surface area contributed by atoms with Gasteiger partial charge in [0.25, 0.3) is 0 Å². The third kappa shape index (κ3) is 3.21.